The molecule has 0 aliphatic heterocycles. The molecular formula is C19H22N2O5. The molecule has 0 saturated carbocycles. The van der Waals surface area contributed by atoms with Crippen LogP contribution in [0, 0.1) is 6.92 Å². The number of anilines is 1. The number of esters is 1. The van der Waals surface area contributed by atoms with Gasteiger partial charge in [-0.15, -0.1) is 0 Å². The van der Waals surface area contributed by atoms with E-state index in [1.807, 2.05) is 39.0 Å². The molecule has 138 valence electrons. The molecule has 0 unspecified atom stereocenters. The van der Waals surface area contributed by atoms with Gasteiger partial charge in [0.2, 0.25) is 0 Å². The summed E-state index contributed by atoms with van der Waals surface area (Å²) < 4.78 is 9.79. The Kier molecular flexibility index (Phi) is 6.54. The van der Waals surface area contributed by atoms with Crippen molar-refractivity contribution in [3.63, 3.8) is 0 Å². The Labute approximate surface area is 151 Å². The summed E-state index contributed by atoms with van der Waals surface area (Å²) in [6.45, 7) is 5.19. The van der Waals surface area contributed by atoms with Gasteiger partial charge in [0.05, 0.1) is 6.26 Å². The lowest BCUT2D eigenvalue weighted by Gasteiger charge is -2.16. The Morgan fingerprint density at radius 2 is 1.92 bits per heavy atom. The molecule has 2 aromatic rings. The van der Waals surface area contributed by atoms with Crippen molar-refractivity contribution in [1.82, 2.24) is 5.32 Å². The smallest absolute Gasteiger partial charge is 0.325 e. The second-order valence-corrected chi connectivity index (χ2v) is 6.06. The van der Waals surface area contributed by atoms with Crippen LogP contribution in [-0.2, 0) is 14.3 Å². The number of rotatable bonds is 7. The molecule has 1 heterocycles. The van der Waals surface area contributed by atoms with Gasteiger partial charge in [-0.3, -0.25) is 14.4 Å². The van der Waals surface area contributed by atoms with Crippen molar-refractivity contribution in [2.45, 2.75) is 26.7 Å². The molecule has 0 fully saturated rings. The van der Waals surface area contributed by atoms with E-state index in [1.54, 1.807) is 6.07 Å². The molecule has 2 amide bonds. The van der Waals surface area contributed by atoms with E-state index in [0.29, 0.717) is 0 Å². The zero-order valence-corrected chi connectivity index (χ0v) is 15.0. The highest BCUT2D eigenvalue weighted by molar-refractivity contribution is 5.95. The number of aryl methyl sites for hydroxylation is 1. The third kappa shape index (κ3) is 5.20. The normalized spacial score (nSPS) is 10.5. The predicted molar refractivity (Wildman–Crippen MR) is 95.9 cm³/mol. The molecule has 26 heavy (non-hydrogen) atoms. The first-order valence-electron chi connectivity index (χ1n) is 8.25. The number of benzene rings is 1. The molecule has 7 nitrogen and oxygen atoms in total. The monoisotopic (exact) mass is 358 g/mol. The van der Waals surface area contributed by atoms with Crippen LogP contribution in [0.15, 0.2) is 41.0 Å². The fraction of sp³-hybridized carbons (Fsp3) is 0.316. The van der Waals surface area contributed by atoms with E-state index in [-0.39, 0.29) is 18.2 Å². The van der Waals surface area contributed by atoms with Crippen molar-refractivity contribution in [3.8, 4) is 0 Å². The van der Waals surface area contributed by atoms with Crippen LogP contribution in [0.3, 0.4) is 0 Å². The van der Waals surface area contributed by atoms with Crippen molar-refractivity contribution in [1.29, 1.82) is 0 Å². The number of carbonyl (C=O) groups excluding carboxylic acids is 3. The Bertz CT molecular complexity index is 781. The molecular weight excluding hydrogens is 336 g/mol. The predicted octanol–water partition coefficient (Wildman–Crippen LogP) is 2.62. The number of ether oxygens (including phenoxy) is 1. The minimum atomic E-state index is -0.714. The number of furan rings is 1. The average Bonchev–Trinajstić information content (AvgIpc) is 3.14. The van der Waals surface area contributed by atoms with Crippen LogP contribution in [-0.4, -0.2) is 30.9 Å². The topological polar surface area (TPSA) is 97.6 Å². The third-order valence-corrected chi connectivity index (χ3v) is 3.69. The maximum absolute atomic E-state index is 12.1. The van der Waals surface area contributed by atoms with Crippen molar-refractivity contribution < 1.29 is 23.5 Å². The zero-order chi connectivity index (χ0) is 19.1. The number of para-hydroxylation sites is 1. The van der Waals surface area contributed by atoms with E-state index in [2.05, 4.69) is 10.6 Å². The SMILES string of the molecule is Cc1cccc(C(C)C)c1NC(=O)COC(=O)CNC(=O)c1ccco1. The molecule has 1 aromatic carbocycles. The van der Waals surface area contributed by atoms with Gasteiger partial charge in [-0.1, -0.05) is 32.0 Å². The lowest BCUT2D eigenvalue weighted by Crippen LogP contribution is -2.32. The van der Waals surface area contributed by atoms with Crippen molar-refractivity contribution >= 4 is 23.5 Å². The van der Waals surface area contributed by atoms with Crippen LogP contribution in [0.4, 0.5) is 5.69 Å². The van der Waals surface area contributed by atoms with Gasteiger partial charge in [-0.25, -0.2) is 0 Å². The van der Waals surface area contributed by atoms with E-state index >= 15 is 0 Å². The fourth-order valence-corrected chi connectivity index (χ4v) is 2.36. The fourth-order valence-electron chi connectivity index (χ4n) is 2.36. The van der Waals surface area contributed by atoms with Crippen molar-refractivity contribution in [3.05, 3.63) is 53.5 Å². The van der Waals surface area contributed by atoms with Gasteiger partial charge >= 0.3 is 5.97 Å². The van der Waals surface area contributed by atoms with Crippen molar-refractivity contribution in [2.24, 2.45) is 0 Å². The summed E-state index contributed by atoms with van der Waals surface area (Å²) in [4.78, 5) is 35.4. The van der Waals surface area contributed by atoms with Gasteiger partial charge in [0.25, 0.3) is 11.8 Å². The van der Waals surface area contributed by atoms with E-state index in [9.17, 15) is 14.4 Å². The van der Waals surface area contributed by atoms with Gasteiger partial charge in [-0.05, 0) is 36.1 Å². The number of carbonyl (C=O) groups is 3. The maximum atomic E-state index is 12.1. The highest BCUT2D eigenvalue weighted by atomic mass is 16.5. The first-order valence-corrected chi connectivity index (χ1v) is 8.25. The summed E-state index contributed by atoms with van der Waals surface area (Å²) in [7, 11) is 0. The lowest BCUT2D eigenvalue weighted by atomic mass is 9.98. The van der Waals surface area contributed by atoms with E-state index in [0.717, 1.165) is 16.8 Å². The Balaban J connectivity index is 1.82. The molecule has 0 bridgehead atoms. The van der Waals surface area contributed by atoms with E-state index in [1.165, 1.54) is 12.3 Å². The van der Waals surface area contributed by atoms with E-state index < -0.39 is 24.4 Å². The van der Waals surface area contributed by atoms with Crippen LogP contribution < -0.4 is 10.6 Å². The summed E-state index contributed by atoms with van der Waals surface area (Å²) in [6.07, 6.45) is 1.36. The summed E-state index contributed by atoms with van der Waals surface area (Å²) >= 11 is 0. The molecule has 2 rings (SSSR count). The highest BCUT2D eigenvalue weighted by Gasteiger charge is 2.15. The third-order valence-electron chi connectivity index (χ3n) is 3.69. The van der Waals surface area contributed by atoms with Gasteiger partial charge in [-0.2, -0.15) is 0 Å². The van der Waals surface area contributed by atoms with Crippen molar-refractivity contribution in [2.75, 3.05) is 18.5 Å². The molecule has 0 radical (unpaired) electrons. The van der Waals surface area contributed by atoms with Gasteiger partial charge in [0, 0.05) is 5.69 Å². The van der Waals surface area contributed by atoms with Crippen LogP contribution in [0.2, 0.25) is 0 Å². The Morgan fingerprint density at radius 3 is 2.58 bits per heavy atom. The molecule has 1 aromatic heterocycles. The Morgan fingerprint density at radius 1 is 1.15 bits per heavy atom. The van der Waals surface area contributed by atoms with Gasteiger partial charge < -0.3 is 19.8 Å². The summed E-state index contributed by atoms with van der Waals surface area (Å²) in [5, 5.41) is 5.14. The molecule has 7 heteroatoms. The number of hydrogen-bond acceptors (Lipinski definition) is 5. The standard InChI is InChI=1S/C19H22N2O5/c1-12(2)14-7-4-6-13(3)18(14)21-16(22)11-26-17(23)10-20-19(24)15-8-5-9-25-15/h4-9,12H,10-11H2,1-3H3,(H,20,24)(H,21,22). The van der Waals surface area contributed by atoms with Crippen LogP contribution in [0.5, 0.6) is 0 Å². The Hall–Kier alpha value is -3.09. The first kappa shape index (κ1) is 19.2. The summed E-state index contributed by atoms with van der Waals surface area (Å²) in [5.41, 5.74) is 2.67. The largest absolute Gasteiger partial charge is 0.459 e. The molecule has 0 atom stereocenters. The minimum absolute atomic E-state index is 0.0938. The number of hydrogen-bond donors (Lipinski definition) is 2. The van der Waals surface area contributed by atoms with Crippen LogP contribution in [0.25, 0.3) is 0 Å². The van der Waals surface area contributed by atoms with Gasteiger partial charge in [0.1, 0.15) is 6.54 Å². The minimum Gasteiger partial charge on any atom is -0.459 e. The average molecular weight is 358 g/mol. The zero-order valence-electron chi connectivity index (χ0n) is 15.0. The molecule has 0 spiro atoms. The first-order chi connectivity index (χ1) is 12.4. The summed E-state index contributed by atoms with van der Waals surface area (Å²) in [6, 6.07) is 8.82. The second-order valence-electron chi connectivity index (χ2n) is 6.06. The van der Waals surface area contributed by atoms with E-state index in [4.69, 9.17) is 9.15 Å². The maximum Gasteiger partial charge on any atom is 0.325 e. The van der Waals surface area contributed by atoms with Gasteiger partial charge in [0.15, 0.2) is 12.4 Å². The summed E-state index contributed by atoms with van der Waals surface area (Å²) in [5.74, 6) is -1.35. The van der Waals surface area contributed by atoms with Crippen LogP contribution in [0.1, 0.15) is 41.4 Å². The molecule has 0 aliphatic rings. The highest BCUT2D eigenvalue weighted by Crippen LogP contribution is 2.27. The molecule has 0 saturated heterocycles. The quantitative estimate of drug-likeness (QED) is 0.742. The second kappa shape index (κ2) is 8.84. The molecule has 0 aliphatic carbocycles. The lowest BCUT2D eigenvalue weighted by molar-refractivity contribution is -0.146. The molecule has 2 N–H and O–H groups in total. The number of amides is 2. The number of nitrogens with one attached hydrogen (secondary N) is 2. The van der Waals surface area contributed by atoms with Crippen LogP contribution >= 0.6 is 0 Å².